The van der Waals surface area contributed by atoms with Crippen LogP contribution in [0.1, 0.15) is 19.8 Å². The Morgan fingerprint density at radius 3 is 2.70 bits per heavy atom. The molecule has 1 aromatic carbocycles. The van der Waals surface area contributed by atoms with E-state index in [1.165, 1.54) is 4.90 Å². The van der Waals surface area contributed by atoms with E-state index in [-0.39, 0.29) is 11.8 Å². The monoisotopic (exact) mass is 469 g/mol. The van der Waals surface area contributed by atoms with Crippen molar-refractivity contribution in [3.8, 4) is 5.69 Å². The molecule has 3 atom stereocenters. The maximum atomic E-state index is 12.8. The van der Waals surface area contributed by atoms with Crippen molar-refractivity contribution in [3.63, 3.8) is 0 Å². The third-order valence-corrected chi connectivity index (χ3v) is 7.42. The number of likely N-dealkylation sites (tertiary alicyclic amines) is 1. The molecule has 0 aliphatic carbocycles. The number of aromatic nitrogens is 4. The number of guanidine groups is 1. The third kappa shape index (κ3) is 4.14. The van der Waals surface area contributed by atoms with E-state index in [0.29, 0.717) is 6.54 Å². The first-order chi connectivity index (χ1) is 16.0. The maximum absolute atomic E-state index is 12.8. The molecule has 1 aromatic heterocycles. The largest absolute Gasteiger partial charge is 0.343 e. The first-order valence-electron chi connectivity index (χ1n) is 11.2. The van der Waals surface area contributed by atoms with Crippen LogP contribution in [0.3, 0.4) is 0 Å². The molecule has 4 heterocycles. The third-order valence-electron chi connectivity index (χ3n) is 6.17. The second-order valence-electron chi connectivity index (χ2n) is 8.66. The normalized spacial score (nSPS) is 23.6. The molecule has 0 radical (unpaired) electrons. The first kappa shape index (κ1) is 21.7. The Hall–Kier alpha value is -3.15. The van der Waals surface area contributed by atoms with Gasteiger partial charge in [0.2, 0.25) is 5.16 Å². The summed E-state index contributed by atoms with van der Waals surface area (Å²) in [6.45, 7) is 4.63. The van der Waals surface area contributed by atoms with Crippen molar-refractivity contribution >= 4 is 29.7 Å². The van der Waals surface area contributed by atoms with Crippen molar-refractivity contribution in [2.75, 3.05) is 32.4 Å². The quantitative estimate of drug-likeness (QED) is 0.625. The topological polar surface area (TPSA) is 112 Å². The lowest BCUT2D eigenvalue weighted by atomic mass is 10.1. The average Bonchev–Trinajstić information content (AvgIpc) is 3.56. The van der Waals surface area contributed by atoms with Gasteiger partial charge in [0, 0.05) is 32.4 Å². The molecule has 2 fully saturated rings. The number of aliphatic imine (C=N–C) groups is 1. The number of fused-ring (bicyclic) bond motifs is 1. The van der Waals surface area contributed by atoms with Crippen LogP contribution in [0.5, 0.6) is 0 Å². The summed E-state index contributed by atoms with van der Waals surface area (Å²) in [7, 11) is 1.69. The Labute approximate surface area is 196 Å². The number of thioether (sulfide) groups is 1. The number of hydrogen-bond donors (Lipinski definition) is 1. The highest BCUT2D eigenvalue weighted by molar-refractivity contribution is 7.99. The van der Waals surface area contributed by atoms with Gasteiger partial charge in [-0.2, -0.15) is 4.68 Å². The summed E-state index contributed by atoms with van der Waals surface area (Å²) in [4.78, 5) is 35.6. The van der Waals surface area contributed by atoms with Crippen molar-refractivity contribution in [3.05, 3.63) is 30.3 Å². The summed E-state index contributed by atoms with van der Waals surface area (Å²) in [6, 6.07) is 8.88. The number of imide groups is 1. The Kier molecular flexibility index (Phi) is 5.92. The van der Waals surface area contributed by atoms with Gasteiger partial charge in [0.1, 0.15) is 0 Å². The second kappa shape index (κ2) is 9.00. The zero-order valence-electron chi connectivity index (χ0n) is 18.7. The number of para-hydroxylation sites is 1. The Morgan fingerprint density at radius 1 is 1.18 bits per heavy atom. The summed E-state index contributed by atoms with van der Waals surface area (Å²) in [5, 5.41) is 15.3. The summed E-state index contributed by atoms with van der Waals surface area (Å²) >= 11 is 1.59. The molecule has 0 saturated carbocycles. The van der Waals surface area contributed by atoms with Gasteiger partial charge in [0.25, 0.3) is 5.91 Å². The van der Waals surface area contributed by atoms with E-state index in [4.69, 9.17) is 4.99 Å². The number of benzene rings is 1. The summed E-state index contributed by atoms with van der Waals surface area (Å²) in [6.07, 6.45) is 1.72. The van der Waals surface area contributed by atoms with Crippen LogP contribution >= 0.6 is 11.8 Å². The zero-order valence-corrected chi connectivity index (χ0v) is 19.5. The predicted octanol–water partition coefficient (Wildman–Crippen LogP) is 1.03. The van der Waals surface area contributed by atoms with Crippen LogP contribution < -0.4 is 5.32 Å². The van der Waals surface area contributed by atoms with Crippen molar-refractivity contribution in [1.29, 1.82) is 0 Å². The number of carbonyl (C=O) groups is 2. The van der Waals surface area contributed by atoms with Gasteiger partial charge in [-0.15, -0.1) is 5.10 Å². The highest BCUT2D eigenvalue weighted by Gasteiger charge is 2.50. The first-order valence-corrected chi connectivity index (χ1v) is 12.1. The van der Waals surface area contributed by atoms with E-state index >= 15 is 0 Å². The molecular weight excluding hydrogens is 442 g/mol. The molecule has 1 N–H and O–H groups in total. The van der Waals surface area contributed by atoms with E-state index < -0.39 is 18.2 Å². The molecule has 11 nitrogen and oxygen atoms in total. The molecule has 3 amide bonds. The van der Waals surface area contributed by atoms with Crippen molar-refractivity contribution in [2.45, 2.75) is 37.1 Å². The minimum absolute atomic E-state index is 0.221. The number of likely N-dealkylation sites (N-methyl/N-ethyl adjacent to an activating group) is 1. The molecule has 5 rings (SSSR count). The van der Waals surface area contributed by atoms with Crippen LogP contribution in [0.2, 0.25) is 0 Å². The van der Waals surface area contributed by atoms with Crippen LogP contribution in [0.15, 0.2) is 40.5 Å². The number of amides is 3. The molecule has 3 aliphatic rings. The predicted molar refractivity (Wildman–Crippen MR) is 123 cm³/mol. The van der Waals surface area contributed by atoms with Crippen LogP contribution in [-0.2, 0) is 4.79 Å². The number of carbonyl (C=O) groups excluding carboxylic acids is 2. The molecule has 2 saturated heterocycles. The lowest BCUT2D eigenvalue weighted by molar-refractivity contribution is -0.127. The van der Waals surface area contributed by atoms with E-state index in [1.54, 1.807) is 23.5 Å². The minimum atomic E-state index is -0.509. The number of nitrogens with one attached hydrogen (secondary N) is 1. The number of nitrogens with zero attached hydrogens (tertiary/aromatic N) is 8. The van der Waals surface area contributed by atoms with Crippen LogP contribution in [0.25, 0.3) is 5.69 Å². The average molecular weight is 470 g/mol. The Balaban J connectivity index is 1.30. The van der Waals surface area contributed by atoms with Gasteiger partial charge in [-0.1, -0.05) is 36.9 Å². The van der Waals surface area contributed by atoms with Gasteiger partial charge in [-0.3, -0.25) is 10.1 Å². The lowest BCUT2D eigenvalue weighted by Gasteiger charge is -2.38. The molecule has 174 valence electrons. The Bertz CT molecular complexity index is 1050. The Morgan fingerprint density at radius 2 is 1.94 bits per heavy atom. The molecule has 0 bridgehead atoms. The lowest BCUT2D eigenvalue weighted by Crippen LogP contribution is -2.64. The van der Waals surface area contributed by atoms with Gasteiger partial charge in [0.05, 0.1) is 5.69 Å². The zero-order chi connectivity index (χ0) is 22.9. The molecular formula is C21H27N9O2S. The van der Waals surface area contributed by atoms with E-state index in [1.807, 2.05) is 30.3 Å². The molecule has 2 aromatic rings. The SMILES string of the molecule is CC(CSc1nnnn1-c1ccccc1)CN1C(N2CCCC2)=NC2C1C(=O)NC(=O)N2C. The molecule has 12 heteroatoms. The minimum Gasteiger partial charge on any atom is -0.343 e. The van der Waals surface area contributed by atoms with Gasteiger partial charge < -0.3 is 14.7 Å². The van der Waals surface area contributed by atoms with Gasteiger partial charge in [-0.25, -0.2) is 9.79 Å². The standard InChI is InChI=1S/C21H27N9O2S/c1-14(13-33-21-24-25-26-30(21)15-8-4-3-5-9-15)12-29-16-17(27(2)20(32)23-18(16)31)22-19(29)28-10-6-7-11-28/h3-5,8-9,14,16-17H,6-7,10-13H2,1-2H3,(H,23,31,32). The van der Waals surface area contributed by atoms with Crippen molar-refractivity contribution < 1.29 is 9.59 Å². The fraction of sp³-hybridized carbons (Fsp3) is 0.524. The van der Waals surface area contributed by atoms with Crippen molar-refractivity contribution in [2.24, 2.45) is 10.9 Å². The number of hydrogen-bond acceptors (Lipinski definition) is 9. The van der Waals surface area contributed by atoms with Gasteiger partial charge >= 0.3 is 6.03 Å². The van der Waals surface area contributed by atoms with Gasteiger partial charge in [0.15, 0.2) is 18.2 Å². The number of rotatable bonds is 6. The molecule has 3 unspecified atom stereocenters. The molecule has 33 heavy (non-hydrogen) atoms. The van der Waals surface area contributed by atoms with Crippen LogP contribution in [0.4, 0.5) is 4.79 Å². The summed E-state index contributed by atoms with van der Waals surface area (Å²) in [5.41, 5.74) is 0.912. The summed E-state index contributed by atoms with van der Waals surface area (Å²) in [5.74, 6) is 1.53. The van der Waals surface area contributed by atoms with E-state index in [2.05, 4.69) is 37.6 Å². The highest BCUT2D eigenvalue weighted by atomic mass is 32.2. The van der Waals surface area contributed by atoms with Crippen molar-refractivity contribution in [1.82, 2.24) is 40.2 Å². The summed E-state index contributed by atoms with van der Waals surface area (Å²) < 4.78 is 1.73. The van der Waals surface area contributed by atoms with Gasteiger partial charge in [-0.05, 0) is 41.3 Å². The van der Waals surface area contributed by atoms with Crippen LogP contribution in [-0.4, -0.2) is 97.4 Å². The number of tetrazole rings is 1. The van der Waals surface area contributed by atoms with E-state index in [0.717, 1.165) is 48.5 Å². The fourth-order valence-corrected chi connectivity index (χ4v) is 5.39. The number of urea groups is 1. The van der Waals surface area contributed by atoms with Crippen LogP contribution in [0, 0.1) is 5.92 Å². The highest BCUT2D eigenvalue weighted by Crippen LogP contribution is 2.29. The maximum Gasteiger partial charge on any atom is 0.325 e. The fourth-order valence-electron chi connectivity index (χ4n) is 4.49. The molecule has 0 spiro atoms. The second-order valence-corrected chi connectivity index (χ2v) is 9.65. The van der Waals surface area contributed by atoms with E-state index in [9.17, 15) is 9.59 Å². The smallest absolute Gasteiger partial charge is 0.325 e. The molecule has 3 aliphatic heterocycles.